The Balaban J connectivity index is 1.48. The molecule has 1 aliphatic carbocycles. The molecule has 0 aromatic carbocycles. The van der Waals surface area contributed by atoms with Crippen molar-refractivity contribution in [3.05, 3.63) is 66.4 Å². The van der Waals surface area contributed by atoms with Crippen LogP contribution in [0, 0.1) is 5.92 Å². The van der Waals surface area contributed by atoms with Crippen molar-refractivity contribution in [1.82, 2.24) is 9.97 Å². The Morgan fingerprint density at radius 3 is 2.78 bits per heavy atom. The average Bonchev–Trinajstić information content (AvgIpc) is 2.60. The molecule has 4 N–H and O–H groups in total. The van der Waals surface area contributed by atoms with Crippen LogP contribution >= 0.6 is 0 Å². The van der Waals surface area contributed by atoms with E-state index in [1.54, 1.807) is 6.07 Å². The second-order valence-corrected chi connectivity index (χ2v) is 5.54. The molecule has 5 nitrogen and oxygen atoms in total. The molecular formula is C18H21N5. The van der Waals surface area contributed by atoms with Crippen LogP contribution < -0.4 is 16.4 Å². The van der Waals surface area contributed by atoms with Crippen LogP contribution in [0.4, 0.5) is 17.5 Å². The highest BCUT2D eigenvalue weighted by Gasteiger charge is 2.05. The summed E-state index contributed by atoms with van der Waals surface area (Å²) in [5.74, 6) is 2.72. The van der Waals surface area contributed by atoms with Crippen LogP contribution in [0.2, 0.25) is 0 Å². The Labute approximate surface area is 136 Å². The van der Waals surface area contributed by atoms with Gasteiger partial charge >= 0.3 is 0 Å². The number of hydrogen-bond acceptors (Lipinski definition) is 5. The lowest BCUT2D eigenvalue weighted by molar-refractivity contribution is 0.690. The minimum atomic E-state index is 0.513. The summed E-state index contributed by atoms with van der Waals surface area (Å²) in [6.07, 6.45) is 11.6. The zero-order valence-electron chi connectivity index (χ0n) is 12.9. The number of allylic oxidation sites excluding steroid dienone is 3. The minimum Gasteiger partial charge on any atom is -0.384 e. The lowest BCUT2D eigenvalue weighted by Crippen LogP contribution is -2.13. The van der Waals surface area contributed by atoms with Crippen LogP contribution in [0.1, 0.15) is 12.0 Å². The van der Waals surface area contributed by atoms with Crippen molar-refractivity contribution in [3.63, 3.8) is 0 Å². The molecule has 1 aliphatic rings. The van der Waals surface area contributed by atoms with E-state index in [9.17, 15) is 0 Å². The van der Waals surface area contributed by atoms with Crippen molar-refractivity contribution in [3.8, 4) is 0 Å². The predicted molar refractivity (Wildman–Crippen MR) is 95.1 cm³/mol. The molecule has 118 valence electrons. The van der Waals surface area contributed by atoms with E-state index in [1.165, 1.54) is 0 Å². The second kappa shape index (κ2) is 7.45. The third-order valence-corrected chi connectivity index (χ3v) is 3.68. The van der Waals surface area contributed by atoms with Gasteiger partial charge < -0.3 is 16.4 Å². The zero-order valence-corrected chi connectivity index (χ0v) is 12.9. The Hall–Kier alpha value is -2.82. The first-order valence-corrected chi connectivity index (χ1v) is 7.78. The topological polar surface area (TPSA) is 75.9 Å². The third kappa shape index (κ3) is 4.57. The van der Waals surface area contributed by atoms with Crippen LogP contribution in [-0.2, 0) is 6.54 Å². The molecule has 0 spiro atoms. The van der Waals surface area contributed by atoms with Gasteiger partial charge in [-0.15, -0.1) is 0 Å². The maximum atomic E-state index is 5.66. The summed E-state index contributed by atoms with van der Waals surface area (Å²) in [5.41, 5.74) is 6.76. The highest BCUT2D eigenvalue weighted by atomic mass is 15.0. The van der Waals surface area contributed by atoms with Gasteiger partial charge in [0.15, 0.2) is 0 Å². The van der Waals surface area contributed by atoms with E-state index < -0.39 is 0 Å². The maximum absolute atomic E-state index is 5.66. The normalized spacial score (nSPS) is 16.3. The number of nitrogens with zero attached hydrogens (tertiary/aromatic N) is 2. The van der Waals surface area contributed by atoms with Crippen LogP contribution in [0.25, 0.3) is 0 Å². The number of rotatable bonds is 6. The van der Waals surface area contributed by atoms with Crippen molar-refractivity contribution in [2.75, 3.05) is 22.9 Å². The first-order valence-electron chi connectivity index (χ1n) is 7.78. The summed E-state index contributed by atoms with van der Waals surface area (Å²) >= 11 is 0. The van der Waals surface area contributed by atoms with Gasteiger partial charge in [-0.3, -0.25) is 0 Å². The summed E-state index contributed by atoms with van der Waals surface area (Å²) in [4.78, 5) is 8.66. The second-order valence-electron chi connectivity index (χ2n) is 5.54. The number of nitrogen functional groups attached to an aromatic ring is 1. The van der Waals surface area contributed by atoms with Gasteiger partial charge in [0, 0.05) is 19.3 Å². The van der Waals surface area contributed by atoms with Gasteiger partial charge in [0.1, 0.15) is 17.5 Å². The van der Waals surface area contributed by atoms with E-state index in [1.807, 2.05) is 24.4 Å². The largest absolute Gasteiger partial charge is 0.384 e. The summed E-state index contributed by atoms with van der Waals surface area (Å²) in [5, 5.41) is 6.61. The molecule has 5 heteroatoms. The number of nitrogens with two attached hydrogens (primary N) is 1. The number of hydrogen-bond donors (Lipinski definition) is 3. The molecule has 0 saturated carbocycles. The molecule has 0 aliphatic heterocycles. The fourth-order valence-corrected chi connectivity index (χ4v) is 2.39. The molecular weight excluding hydrogens is 286 g/mol. The van der Waals surface area contributed by atoms with E-state index in [2.05, 4.69) is 51.0 Å². The highest BCUT2D eigenvalue weighted by Crippen LogP contribution is 2.13. The molecule has 0 saturated heterocycles. The summed E-state index contributed by atoms with van der Waals surface area (Å²) < 4.78 is 0. The smallest absolute Gasteiger partial charge is 0.128 e. The van der Waals surface area contributed by atoms with E-state index >= 15 is 0 Å². The predicted octanol–water partition coefficient (Wildman–Crippen LogP) is 3.22. The first kappa shape index (κ1) is 15.1. The Morgan fingerprint density at radius 1 is 1.09 bits per heavy atom. The average molecular weight is 307 g/mol. The van der Waals surface area contributed by atoms with Crippen LogP contribution in [-0.4, -0.2) is 16.5 Å². The number of anilines is 3. The molecule has 0 bridgehead atoms. The van der Waals surface area contributed by atoms with Crippen molar-refractivity contribution in [2.45, 2.75) is 13.0 Å². The molecule has 0 amide bonds. The molecule has 2 aromatic heterocycles. The Bertz CT molecular complexity index is 691. The number of nitrogens with one attached hydrogen (secondary N) is 2. The van der Waals surface area contributed by atoms with Crippen LogP contribution in [0.3, 0.4) is 0 Å². The van der Waals surface area contributed by atoms with Crippen molar-refractivity contribution >= 4 is 17.5 Å². The number of pyridine rings is 2. The van der Waals surface area contributed by atoms with Gasteiger partial charge in [-0.05, 0) is 36.1 Å². The first-order chi connectivity index (χ1) is 11.3. The fraction of sp³-hybridized carbons (Fsp3) is 0.222. The van der Waals surface area contributed by atoms with Gasteiger partial charge in [-0.2, -0.15) is 0 Å². The fourth-order valence-electron chi connectivity index (χ4n) is 2.39. The van der Waals surface area contributed by atoms with Crippen molar-refractivity contribution in [2.24, 2.45) is 5.92 Å². The van der Waals surface area contributed by atoms with Gasteiger partial charge in [-0.25, -0.2) is 9.97 Å². The molecule has 23 heavy (non-hydrogen) atoms. The molecule has 1 unspecified atom stereocenters. The van der Waals surface area contributed by atoms with Gasteiger partial charge in [0.25, 0.3) is 0 Å². The minimum absolute atomic E-state index is 0.513. The Kier molecular flexibility index (Phi) is 4.88. The van der Waals surface area contributed by atoms with E-state index in [0.717, 1.165) is 30.2 Å². The van der Waals surface area contributed by atoms with Crippen LogP contribution in [0.15, 0.2) is 60.8 Å². The van der Waals surface area contributed by atoms with Crippen molar-refractivity contribution < 1.29 is 0 Å². The quantitative estimate of drug-likeness (QED) is 0.764. The van der Waals surface area contributed by atoms with E-state index in [0.29, 0.717) is 18.3 Å². The van der Waals surface area contributed by atoms with E-state index in [-0.39, 0.29) is 0 Å². The monoisotopic (exact) mass is 307 g/mol. The highest BCUT2D eigenvalue weighted by molar-refractivity contribution is 5.43. The van der Waals surface area contributed by atoms with Gasteiger partial charge in [-0.1, -0.05) is 36.4 Å². The molecule has 2 heterocycles. The Morgan fingerprint density at radius 2 is 2.04 bits per heavy atom. The van der Waals surface area contributed by atoms with Gasteiger partial charge in [0.05, 0.1) is 0 Å². The molecule has 2 aromatic rings. The maximum Gasteiger partial charge on any atom is 0.128 e. The van der Waals surface area contributed by atoms with Crippen molar-refractivity contribution in [1.29, 1.82) is 0 Å². The van der Waals surface area contributed by atoms with E-state index in [4.69, 9.17) is 5.73 Å². The van der Waals surface area contributed by atoms with Gasteiger partial charge in [0.2, 0.25) is 0 Å². The molecule has 3 rings (SSSR count). The summed E-state index contributed by atoms with van der Waals surface area (Å²) in [7, 11) is 0. The number of aromatic nitrogens is 2. The standard InChI is InChI=1S/C18H21N5/c19-16-7-4-8-18(23-16)22-13-15-9-10-17(21-12-15)20-11-14-5-2-1-3-6-14/h1-5,7-10,12,14H,6,11,13H2,(H,20,21)(H3,19,22,23). The summed E-state index contributed by atoms with van der Waals surface area (Å²) in [6, 6.07) is 9.61. The molecule has 0 radical (unpaired) electrons. The molecule has 1 atom stereocenters. The zero-order chi connectivity index (χ0) is 15.9. The lowest BCUT2D eigenvalue weighted by Gasteiger charge is -2.14. The lowest BCUT2D eigenvalue weighted by atomic mass is 10.0. The molecule has 0 fully saturated rings. The summed E-state index contributed by atoms with van der Waals surface area (Å²) in [6.45, 7) is 1.57. The van der Waals surface area contributed by atoms with Crippen LogP contribution in [0.5, 0.6) is 0 Å². The third-order valence-electron chi connectivity index (χ3n) is 3.68. The SMILES string of the molecule is Nc1cccc(NCc2ccc(NCC3C=CC=CC3)nc2)n1.